The number of rotatable bonds is 4. The predicted molar refractivity (Wildman–Crippen MR) is 70.3 cm³/mol. The Hall–Kier alpha value is -1.42. The van der Waals surface area contributed by atoms with Crippen molar-refractivity contribution in [1.29, 1.82) is 0 Å². The fraction of sp³-hybridized carbons (Fsp3) is 0.417. The van der Waals surface area contributed by atoms with Crippen LogP contribution in [0.5, 0.6) is 0 Å². The second kappa shape index (κ2) is 5.27. The zero-order valence-electron chi connectivity index (χ0n) is 9.89. The molecule has 0 aliphatic heterocycles. The highest BCUT2D eigenvalue weighted by Crippen LogP contribution is 2.14. The Labute approximate surface area is 105 Å². The van der Waals surface area contributed by atoms with E-state index in [0.717, 1.165) is 11.3 Å². The normalized spacial score (nSPS) is 12.9. The Kier molecular flexibility index (Phi) is 3.74. The molecule has 90 valence electrons. The number of nitrogens with zero attached hydrogens (tertiary/aromatic N) is 3. The van der Waals surface area contributed by atoms with Gasteiger partial charge in [0.25, 0.3) is 0 Å². The van der Waals surface area contributed by atoms with Gasteiger partial charge in [0.2, 0.25) is 0 Å². The number of halogens is 1. The van der Waals surface area contributed by atoms with E-state index in [-0.39, 0.29) is 6.04 Å². The van der Waals surface area contributed by atoms with E-state index in [0.29, 0.717) is 17.4 Å². The third kappa shape index (κ3) is 2.82. The fourth-order valence-corrected chi connectivity index (χ4v) is 1.94. The topological polar surface area (TPSA) is 50.7 Å². The van der Waals surface area contributed by atoms with Crippen molar-refractivity contribution >= 4 is 28.6 Å². The lowest BCUT2D eigenvalue weighted by atomic mass is 10.1. The Bertz CT molecular complexity index is 501. The van der Waals surface area contributed by atoms with Crippen molar-refractivity contribution in [2.24, 2.45) is 5.92 Å². The number of fused-ring (bicyclic) bond motifs is 1. The van der Waals surface area contributed by atoms with E-state index < -0.39 is 0 Å². The Morgan fingerprint density at radius 3 is 2.71 bits per heavy atom. The molecule has 0 bridgehead atoms. The van der Waals surface area contributed by atoms with Crippen molar-refractivity contribution in [3.63, 3.8) is 0 Å². The molecule has 2 heterocycles. The van der Waals surface area contributed by atoms with Crippen LogP contribution in [0.1, 0.15) is 13.8 Å². The van der Waals surface area contributed by atoms with Gasteiger partial charge < -0.3 is 5.32 Å². The van der Waals surface area contributed by atoms with Crippen molar-refractivity contribution in [2.45, 2.75) is 19.9 Å². The van der Waals surface area contributed by atoms with Crippen LogP contribution >= 0.6 is 11.6 Å². The summed E-state index contributed by atoms with van der Waals surface area (Å²) < 4.78 is 0. The maximum absolute atomic E-state index is 5.91. The van der Waals surface area contributed by atoms with Gasteiger partial charge in [-0.15, -0.1) is 11.6 Å². The summed E-state index contributed by atoms with van der Waals surface area (Å²) in [6.07, 6.45) is 3.30. The highest BCUT2D eigenvalue weighted by atomic mass is 35.5. The monoisotopic (exact) mass is 250 g/mol. The van der Waals surface area contributed by atoms with Crippen LogP contribution in [0.25, 0.3) is 11.2 Å². The number of alkyl halides is 1. The lowest BCUT2D eigenvalue weighted by Crippen LogP contribution is -2.27. The molecule has 0 aliphatic rings. The molecule has 4 nitrogen and oxygen atoms in total. The molecule has 0 aliphatic carbocycles. The van der Waals surface area contributed by atoms with Crippen LogP contribution in [0, 0.1) is 5.92 Å². The van der Waals surface area contributed by atoms with Gasteiger partial charge in [-0.25, -0.2) is 9.97 Å². The number of hydrogen-bond donors (Lipinski definition) is 1. The standard InChI is InChI=1S/C12H15ClN4/c1-8(2)10(7-13)16-11-4-3-9-12(17-11)15-6-5-14-9/h3-6,8,10H,7H2,1-2H3,(H,15,16,17). The van der Waals surface area contributed by atoms with Gasteiger partial charge >= 0.3 is 0 Å². The van der Waals surface area contributed by atoms with Crippen molar-refractivity contribution in [1.82, 2.24) is 15.0 Å². The summed E-state index contributed by atoms with van der Waals surface area (Å²) in [5.41, 5.74) is 1.44. The SMILES string of the molecule is CC(C)C(CCl)Nc1ccc2nccnc2n1. The molecule has 0 saturated heterocycles. The van der Waals surface area contributed by atoms with Crippen LogP contribution in [0.3, 0.4) is 0 Å². The van der Waals surface area contributed by atoms with Gasteiger partial charge in [0.05, 0.1) is 0 Å². The molecule has 0 amide bonds. The van der Waals surface area contributed by atoms with Crippen molar-refractivity contribution in [3.8, 4) is 0 Å². The van der Waals surface area contributed by atoms with E-state index >= 15 is 0 Å². The molecule has 0 radical (unpaired) electrons. The summed E-state index contributed by atoms with van der Waals surface area (Å²) in [6.45, 7) is 4.25. The summed E-state index contributed by atoms with van der Waals surface area (Å²) in [5, 5.41) is 3.31. The Morgan fingerprint density at radius 1 is 1.24 bits per heavy atom. The van der Waals surface area contributed by atoms with E-state index in [2.05, 4.69) is 34.1 Å². The molecule has 1 unspecified atom stereocenters. The summed E-state index contributed by atoms with van der Waals surface area (Å²) in [7, 11) is 0. The smallest absolute Gasteiger partial charge is 0.180 e. The minimum Gasteiger partial charge on any atom is -0.366 e. The summed E-state index contributed by atoms with van der Waals surface area (Å²) in [5.74, 6) is 1.79. The highest BCUT2D eigenvalue weighted by molar-refractivity contribution is 6.18. The maximum Gasteiger partial charge on any atom is 0.180 e. The molecule has 17 heavy (non-hydrogen) atoms. The molecule has 0 aromatic carbocycles. The summed E-state index contributed by atoms with van der Waals surface area (Å²) >= 11 is 5.91. The third-order valence-corrected chi connectivity index (χ3v) is 2.97. The van der Waals surface area contributed by atoms with Crippen LogP contribution in [0.4, 0.5) is 5.82 Å². The first kappa shape index (κ1) is 12.0. The number of pyridine rings is 1. The van der Waals surface area contributed by atoms with Gasteiger partial charge in [0.15, 0.2) is 5.65 Å². The molecular weight excluding hydrogens is 236 g/mol. The van der Waals surface area contributed by atoms with Crippen LogP contribution in [-0.2, 0) is 0 Å². The summed E-state index contributed by atoms with van der Waals surface area (Å²) in [6, 6.07) is 4.01. The minimum absolute atomic E-state index is 0.207. The second-order valence-corrected chi connectivity index (χ2v) is 4.55. The van der Waals surface area contributed by atoms with E-state index in [4.69, 9.17) is 11.6 Å². The molecule has 5 heteroatoms. The fourth-order valence-electron chi connectivity index (χ4n) is 1.51. The van der Waals surface area contributed by atoms with Crippen molar-refractivity contribution in [2.75, 3.05) is 11.2 Å². The van der Waals surface area contributed by atoms with E-state index in [9.17, 15) is 0 Å². The number of nitrogens with one attached hydrogen (secondary N) is 1. The first-order valence-electron chi connectivity index (χ1n) is 5.61. The quantitative estimate of drug-likeness (QED) is 0.848. The Balaban J connectivity index is 2.24. The van der Waals surface area contributed by atoms with E-state index in [1.54, 1.807) is 12.4 Å². The van der Waals surface area contributed by atoms with Gasteiger partial charge in [-0.3, -0.25) is 4.98 Å². The summed E-state index contributed by atoms with van der Waals surface area (Å²) in [4.78, 5) is 12.8. The molecule has 0 saturated carbocycles. The number of aromatic nitrogens is 3. The largest absolute Gasteiger partial charge is 0.366 e. The third-order valence-electron chi connectivity index (χ3n) is 2.64. The van der Waals surface area contributed by atoms with Crippen LogP contribution in [-0.4, -0.2) is 26.9 Å². The van der Waals surface area contributed by atoms with Gasteiger partial charge in [-0.2, -0.15) is 0 Å². The highest BCUT2D eigenvalue weighted by Gasteiger charge is 2.12. The van der Waals surface area contributed by atoms with E-state index in [1.807, 2.05) is 12.1 Å². The second-order valence-electron chi connectivity index (χ2n) is 4.24. The minimum atomic E-state index is 0.207. The number of anilines is 1. The molecule has 1 N–H and O–H groups in total. The predicted octanol–water partition coefficient (Wildman–Crippen LogP) is 2.70. The van der Waals surface area contributed by atoms with Gasteiger partial charge in [0.1, 0.15) is 11.3 Å². The average Bonchev–Trinajstić information content (AvgIpc) is 2.35. The Morgan fingerprint density at radius 2 is 2.00 bits per heavy atom. The molecular formula is C12H15ClN4. The molecule has 2 rings (SSSR count). The zero-order valence-corrected chi connectivity index (χ0v) is 10.6. The zero-order chi connectivity index (χ0) is 12.3. The molecule has 2 aromatic rings. The van der Waals surface area contributed by atoms with Gasteiger partial charge in [-0.1, -0.05) is 13.8 Å². The lowest BCUT2D eigenvalue weighted by Gasteiger charge is -2.20. The van der Waals surface area contributed by atoms with Crippen LogP contribution in [0.15, 0.2) is 24.5 Å². The molecule has 0 fully saturated rings. The van der Waals surface area contributed by atoms with E-state index in [1.165, 1.54) is 0 Å². The average molecular weight is 251 g/mol. The number of hydrogen-bond acceptors (Lipinski definition) is 4. The van der Waals surface area contributed by atoms with Crippen molar-refractivity contribution in [3.05, 3.63) is 24.5 Å². The molecule has 0 spiro atoms. The first-order valence-corrected chi connectivity index (χ1v) is 6.14. The van der Waals surface area contributed by atoms with Crippen LogP contribution < -0.4 is 5.32 Å². The first-order chi connectivity index (χ1) is 8.20. The van der Waals surface area contributed by atoms with Gasteiger partial charge in [-0.05, 0) is 18.1 Å². The molecule has 2 aromatic heterocycles. The maximum atomic E-state index is 5.91. The van der Waals surface area contributed by atoms with Gasteiger partial charge in [0, 0.05) is 24.3 Å². The van der Waals surface area contributed by atoms with Crippen LogP contribution in [0.2, 0.25) is 0 Å². The van der Waals surface area contributed by atoms with Crippen molar-refractivity contribution < 1.29 is 0 Å². The lowest BCUT2D eigenvalue weighted by molar-refractivity contribution is 0.563. The molecule has 1 atom stereocenters.